The van der Waals surface area contributed by atoms with E-state index >= 15 is 4.39 Å². The SMILES string of the molecule is C=C(C)[C@]1(F)[C@H](n2ccc(=O)[nH]c2=O)O[C@](F)(CO)[C@H]1O. The molecule has 1 saturated heterocycles. The lowest BCUT2D eigenvalue weighted by molar-refractivity contribution is -0.207. The molecule has 1 aliphatic heterocycles. The minimum Gasteiger partial charge on any atom is -0.390 e. The van der Waals surface area contributed by atoms with Crippen molar-refractivity contribution in [1.82, 2.24) is 9.55 Å². The highest BCUT2D eigenvalue weighted by molar-refractivity contribution is 5.22. The summed E-state index contributed by atoms with van der Waals surface area (Å²) in [4.78, 5) is 24.6. The van der Waals surface area contributed by atoms with Gasteiger partial charge in [0.25, 0.3) is 11.4 Å². The van der Waals surface area contributed by atoms with Gasteiger partial charge in [-0.3, -0.25) is 14.3 Å². The van der Waals surface area contributed by atoms with Gasteiger partial charge >= 0.3 is 5.69 Å². The van der Waals surface area contributed by atoms with Crippen molar-refractivity contribution in [1.29, 1.82) is 0 Å². The van der Waals surface area contributed by atoms with Gasteiger partial charge in [-0.2, -0.15) is 0 Å². The molecule has 0 saturated carbocycles. The molecule has 0 spiro atoms. The van der Waals surface area contributed by atoms with Gasteiger partial charge < -0.3 is 14.9 Å². The number of aliphatic hydroxyl groups excluding tert-OH is 2. The number of hydrogen-bond donors (Lipinski definition) is 3. The smallest absolute Gasteiger partial charge is 0.330 e. The Labute approximate surface area is 117 Å². The lowest BCUT2D eigenvalue weighted by Crippen LogP contribution is -2.49. The van der Waals surface area contributed by atoms with Crippen LogP contribution >= 0.6 is 0 Å². The third-order valence-electron chi connectivity index (χ3n) is 3.45. The lowest BCUT2D eigenvalue weighted by atomic mass is 9.88. The van der Waals surface area contributed by atoms with Gasteiger partial charge in [0.1, 0.15) is 6.61 Å². The van der Waals surface area contributed by atoms with Crippen LogP contribution in [0.25, 0.3) is 0 Å². The number of hydrogen-bond acceptors (Lipinski definition) is 5. The minimum atomic E-state index is -3.10. The molecule has 0 bridgehead atoms. The minimum absolute atomic E-state index is 0.300. The maximum atomic E-state index is 15.1. The van der Waals surface area contributed by atoms with E-state index in [0.29, 0.717) is 4.57 Å². The molecule has 116 valence electrons. The molecule has 1 aliphatic rings. The Morgan fingerprint density at radius 1 is 1.57 bits per heavy atom. The van der Waals surface area contributed by atoms with Crippen molar-refractivity contribution in [3.8, 4) is 0 Å². The Bertz CT molecular complexity index is 687. The third-order valence-corrected chi connectivity index (χ3v) is 3.45. The quantitative estimate of drug-likeness (QED) is 0.645. The largest absolute Gasteiger partial charge is 0.390 e. The normalized spacial score (nSPS) is 35.9. The summed E-state index contributed by atoms with van der Waals surface area (Å²) in [6.45, 7) is 3.19. The van der Waals surface area contributed by atoms with Gasteiger partial charge in [-0.25, -0.2) is 13.6 Å². The molecular weight excluding hydrogens is 290 g/mol. The molecule has 2 heterocycles. The number of nitrogens with zero attached hydrogens (tertiary/aromatic N) is 1. The Morgan fingerprint density at radius 2 is 2.19 bits per heavy atom. The molecule has 0 radical (unpaired) electrons. The second kappa shape index (κ2) is 4.86. The number of ether oxygens (including phenoxy) is 1. The first-order chi connectivity index (χ1) is 9.66. The van der Waals surface area contributed by atoms with E-state index in [1.54, 1.807) is 0 Å². The fourth-order valence-corrected chi connectivity index (χ4v) is 2.22. The molecule has 2 rings (SSSR count). The first kappa shape index (κ1) is 15.5. The zero-order valence-corrected chi connectivity index (χ0v) is 11.0. The summed E-state index contributed by atoms with van der Waals surface area (Å²) in [5.41, 5.74) is -4.95. The van der Waals surface area contributed by atoms with Gasteiger partial charge in [-0.1, -0.05) is 6.58 Å². The Balaban J connectivity index is 2.63. The van der Waals surface area contributed by atoms with Crippen molar-refractivity contribution in [2.75, 3.05) is 6.61 Å². The molecule has 0 unspecified atom stereocenters. The second-order valence-electron chi connectivity index (χ2n) is 4.88. The van der Waals surface area contributed by atoms with E-state index < -0.39 is 41.7 Å². The van der Waals surface area contributed by atoms with Crippen molar-refractivity contribution in [3.63, 3.8) is 0 Å². The van der Waals surface area contributed by atoms with Gasteiger partial charge in [0.2, 0.25) is 5.67 Å². The van der Waals surface area contributed by atoms with Gasteiger partial charge in [0.15, 0.2) is 12.3 Å². The Hall–Kier alpha value is -1.84. The summed E-state index contributed by atoms with van der Waals surface area (Å²) < 4.78 is 34.6. The summed E-state index contributed by atoms with van der Waals surface area (Å²) >= 11 is 0. The predicted octanol–water partition coefficient (Wildman–Crippen LogP) is -0.631. The van der Waals surface area contributed by atoms with E-state index in [9.17, 15) is 19.1 Å². The van der Waals surface area contributed by atoms with E-state index in [-0.39, 0.29) is 5.57 Å². The summed E-state index contributed by atoms with van der Waals surface area (Å²) in [5, 5.41) is 18.8. The standard InChI is InChI=1S/C12H14F2N2O5/c1-6(2)12(14)8(19)11(13,5-17)21-9(12)16-4-3-7(18)15-10(16)20/h3-4,8-9,17,19H,1,5H2,2H3,(H,15,18,20)/t8-,9-,11-,12-/m1/s1. The van der Waals surface area contributed by atoms with Crippen molar-refractivity contribution >= 4 is 0 Å². The number of alkyl halides is 2. The third kappa shape index (κ3) is 2.13. The summed E-state index contributed by atoms with van der Waals surface area (Å²) in [6.07, 6.45) is -3.42. The van der Waals surface area contributed by atoms with Gasteiger partial charge in [0, 0.05) is 12.3 Å². The van der Waals surface area contributed by atoms with Crippen molar-refractivity contribution in [2.24, 2.45) is 0 Å². The topological polar surface area (TPSA) is 105 Å². The van der Waals surface area contributed by atoms with Crippen LogP contribution in [-0.4, -0.2) is 44.0 Å². The van der Waals surface area contributed by atoms with Crippen LogP contribution in [0.1, 0.15) is 13.2 Å². The maximum absolute atomic E-state index is 15.1. The van der Waals surface area contributed by atoms with E-state index in [2.05, 4.69) is 6.58 Å². The van der Waals surface area contributed by atoms with Crippen LogP contribution in [0.5, 0.6) is 0 Å². The second-order valence-corrected chi connectivity index (χ2v) is 4.88. The molecule has 21 heavy (non-hydrogen) atoms. The first-order valence-electron chi connectivity index (χ1n) is 5.99. The highest BCUT2D eigenvalue weighted by Crippen LogP contribution is 2.50. The van der Waals surface area contributed by atoms with Gasteiger partial charge in [-0.15, -0.1) is 0 Å². The Morgan fingerprint density at radius 3 is 2.67 bits per heavy atom. The molecule has 0 aromatic carbocycles. The molecule has 0 aliphatic carbocycles. The number of rotatable bonds is 3. The predicted molar refractivity (Wildman–Crippen MR) is 67.0 cm³/mol. The van der Waals surface area contributed by atoms with Crippen molar-refractivity contribution in [3.05, 3.63) is 45.3 Å². The molecule has 9 heteroatoms. The van der Waals surface area contributed by atoms with Crippen LogP contribution in [0.4, 0.5) is 8.78 Å². The fourth-order valence-electron chi connectivity index (χ4n) is 2.22. The monoisotopic (exact) mass is 304 g/mol. The maximum Gasteiger partial charge on any atom is 0.330 e. The average molecular weight is 304 g/mol. The van der Waals surface area contributed by atoms with Crippen LogP contribution < -0.4 is 11.2 Å². The first-order valence-corrected chi connectivity index (χ1v) is 5.99. The molecule has 1 fully saturated rings. The van der Waals surface area contributed by atoms with E-state index in [0.717, 1.165) is 12.3 Å². The molecule has 4 atom stereocenters. The van der Waals surface area contributed by atoms with Crippen molar-refractivity contribution < 1.29 is 23.7 Å². The summed E-state index contributed by atoms with van der Waals surface area (Å²) in [6, 6.07) is 0.910. The number of H-pyrrole nitrogens is 1. The van der Waals surface area contributed by atoms with Crippen molar-refractivity contribution in [2.45, 2.75) is 30.8 Å². The molecule has 7 nitrogen and oxygen atoms in total. The van der Waals surface area contributed by atoms with Crippen LogP contribution in [0.2, 0.25) is 0 Å². The number of nitrogens with one attached hydrogen (secondary N) is 1. The summed E-state index contributed by atoms with van der Waals surface area (Å²) in [5.74, 6) is -3.10. The number of aliphatic hydroxyl groups is 2. The number of aromatic nitrogens is 2. The van der Waals surface area contributed by atoms with Crippen LogP contribution in [0.3, 0.4) is 0 Å². The van der Waals surface area contributed by atoms with E-state index in [1.807, 2.05) is 4.98 Å². The lowest BCUT2D eigenvalue weighted by Gasteiger charge is -2.29. The Kier molecular flexibility index (Phi) is 3.60. The van der Waals surface area contributed by atoms with E-state index in [4.69, 9.17) is 9.84 Å². The average Bonchev–Trinajstić information content (AvgIpc) is 2.62. The number of aromatic amines is 1. The van der Waals surface area contributed by atoms with E-state index in [1.165, 1.54) is 6.92 Å². The van der Waals surface area contributed by atoms with Gasteiger partial charge in [-0.05, 0) is 12.5 Å². The van der Waals surface area contributed by atoms with Crippen LogP contribution in [0.15, 0.2) is 34.0 Å². The fraction of sp³-hybridized carbons (Fsp3) is 0.500. The molecule has 1 aromatic rings. The molecular formula is C12H14F2N2O5. The van der Waals surface area contributed by atoms with Crippen LogP contribution in [0, 0.1) is 0 Å². The number of halogens is 2. The van der Waals surface area contributed by atoms with Gasteiger partial charge in [0.05, 0.1) is 0 Å². The summed E-state index contributed by atoms with van der Waals surface area (Å²) in [7, 11) is 0. The van der Waals surface area contributed by atoms with Crippen LogP contribution in [-0.2, 0) is 4.74 Å². The zero-order valence-electron chi connectivity index (χ0n) is 11.0. The molecule has 0 amide bonds. The highest BCUT2D eigenvalue weighted by atomic mass is 19.2. The molecule has 1 aromatic heterocycles. The highest BCUT2D eigenvalue weighted by Gasteiger charge is 2.67. The zero-order chi connectivity index (χ0) is 16.0. The molecule has 3 N–H and O–H groups in total.